The molecule has 8 nitrogen and oxygen atoms in total. The van der Waals surface area contributed by atoms with Crippen molar-refractivity contribution >= 4 is 29.2 Å². The van der Waals surface area contributed by atoms with Crippen LogP contribution in [-0.2, 0) is 19.1 Å². The average molecular weight is 412 g/mol. The van der Waals surface area contributed by atoms with E-state index in [-0.39, 0.29) is 18.9 Å². The van der Waals surface area contributed by atoms with Crippen LogP contribution in [0.25, 0.3) is 0 Å². The van der Waals surface area contributed by atoms with Crippen molar-refractivity contribution < 1.29 is 28.6 Å². The van der Waals surface area contributed by atoms with Crippen LogP contribution in [0.15, 0.2) is 48.5 Å². The number of rotatable bonds is 8. The highest BCUT2D eigenvalue weighted by Gasteiger charge is 2.37. The lowest BCUT2D eigenvalue weighted by molar-refractivity contribution is -0.151. The van der Waals surface area contributed by atoms with Crippen molar-refractivity contribution in [3.8, 4) is 11.5 Å². The molecule has 0 saturated carbocycles. The molecule has 1 N–H and O–H groups in total. The van der Waals surface area contributed by atoms with Gasteiger partial charge in [0.25, 0.3) is 5.91 Å². The molecule has 0 spiro atoms. The van der Waals surface area contributed by atoms with Crippen molar-refractivity contribution in [2.45, 2.75) is 13.3 Å². The molecular formula is C22H24N2O6. The maximum absolute atomic E-state index is 12.5. The number of carbonyl (C=O) groups excluding carboxylic acids is 3. The van der Waals surface area contributed by atoms with Gasteiger partial charge in [-0.2, -0.15) is 0 Å². The van der Waals surface area contributed by atoms with Gasteiger partial charge in [0, 0.05) is 13.0 Å². The molecule has 0 bridgehead atoms. The van der Waals surface area contributed by atoms with Crippen LogP contribution in [0.1, 0.15) is 13.3 Å². The van der Waals surface area contributed by atoms with Crippen LogP contribution in [0.3, 0.4) is 0 Å². The summed E-state index contributed by atoms with van der Waals surface area (Å²) in [6.45, 7) is 2.05. The first-order valence-electron chi connectivity index (χ1n) is 9.65. The second-order valence-corrected chi connectivity index (χ2v) is 6.66. The number of carbonyl (C=O) groups is 3. The van der Waals surface area contributed by atoms with E-state index in [1.54, 1.807) is 42.5 Å². The minimum Gasteiger partial charge on any atom is -0.495 e. The van der Waals surface area contributed by atoms with Crippen molar-refractivity contribution in [3.05, 3.63) is 48.5 Å². The normalized spacial score (nSPS) is 15.6. The third-order valence-corrected chi connectivity index (χ3v) is 4.64. The first-order chi connectivity index (χ1) is 14.5. The molecule has 8 heteroatoms. The van der Waals surface area contributed by atoms with Crippen LogP contribution in [0.5, 0.6) is 11.5 Å². The van der Waals surface area contributed by atoms with Gasteiger partial charge in [-0.15, -0.1) is 0 Å². The third kappa shape index (κ3) is 4.89. The van der Waals surface area contributed by atoms with Crippen molar-refractivity contribution in [1.82, 2.24) is 0 Å². The minimum absolute atomic E-state index is 0.0212. The summed E-state index contributed by atoms with van der Waals surface area (Å²) in [5.41, 5.74) is 1.10. The van der Waals surface area contributed by atoms with Crippen LogP contribution < -0.4 is 19.7 Å². The van der Waals surface area contributed by atoms with Gasteiger partial charge >= 0.3 is 5.97 Å². The Balaban J connectivity index is 1.57. The zero-order valence-corrected chi connectivity index (χ0v) is 16.9. The SMILES string of the molecule is CCOc1ccccc1N1C[C@@H](C(=O)OCC(=O)Nc2ccccc2OC)CC1=O. The van der Waals surface area contributed by atoms with Gasteiger partial charge < -0.3 is 24.4 Å². The van der Waals surface area contributed by atoms with Gasteiger partial charge in [0.15, 0.2) is 6.61 Å². The number of ether oxygens (including phenoxy) is 3. The number of nitrogens with one attached hydrogen (secondary N) is 1. The Morgan fingerprint density at radius 1 is 1.10 bits per heavy atom. The summed E-state index contributed by atoms with van der Waals surface area (Å²) in [5, 5.41) is 2.64. The first-order valence-corrected chi connectivity index (χ1v) is 9.65. The predicted octanol–water partition coefficient (Wildman–Crippen LogP) is 2.63. The monoisotopic (exact) mass is 412 g/mol. The van der Waals surface area contributed by atoms with E-state index in [1.165, 1.54) is 12.0 Å². The Labute approximate surface area is 174 Å². The van der Waals surface area contributed by atoms with Crippen LogP contribution in [0, 0.1) is 5.92 Å². The lowest BCUT2D eigenvalue weighted by Crippen LogP contribution is -2.28. The molecule has 0 aromatic heterocycles. The molecule has 158 valence electrons. The number of benzene rings is 2. The number of anilines is 2. The maximum Gasteiger partial charge on any atom is 0.311 e. The summed E-state index contributed by atoms with van der Waals surface area (Å²) in [5.74, 6) is -0.833. The number of hydrogen-bond donors (Lipinski definition) is 1. The standard InChI is InChI=1S/C22H24N2O6/c1-3-29-19-11-7-5-9-17(19)24-13-15(12-21(24)26)22(27)30-14-20(25)23-16-8-4-6-10-18(16)28-2/h4-11,15H,3,12-14H2,1-2H3,(H,23,25)/t15-/m0/s1. The zero-order valence-electron chi connectivity index (χ0n) is 16.9. The molecule has 0 aliphatic carbocycles. The predicted molar refractivity (Wildman–Crippen MR) is 111 cm³/mol. The van der Waals surface area contributed by atoms with Gasteiger partial charge in [0.1, 0.15) is 11.5 Å². The lowest BCUT2D eigenvalue weighted by Gasteiger charge is -2.20. The van der Waals surface area contributed by atoms with Crippen molar-refractivity contribution in [2.75, 3.05) is 37.1 Å². The van der Waals surface area contributed by atoms with Crippen LogP contribution in [-0.4, -0.2) is 44.7 Å². The molecule has 1 heterocycles. The molecule has 1 fully saturated rings. The van der Waals surface area contributed by atoms with E-state index in [0.717, 1.165) is 0 Å². The molecule has 1 saturated heterocycles. The van der Waals surface area contributed by atoms with E-state index < -0.39 is 24.4 Å². The number of amides is 2. The first kappa shape index (κ1) is 21.2. The van der Waals surface area contributed by atoms with Gasteiger partial charge in [0.05, 0.1) is 31.0 Å². The van der Waals surface area contributed by atoms with Crippen molar-refractivity contribution in [3.63, 3.8) is 0 Å². The Kier molecular flexibility index (Phi) is 6.90. The highest BCUT2D eigenvalue weighted by Crippen LogP contribution is 2.33. The molecule has 3 rings (SSSR count). The van der Waals surface area contributed by atoms with Crippen LogP contribution >= 0.6 is 0 Å². The van der Waals surface area contributed by atoms with E-state index in [0.29, 0.717) is 29.5 Å². The minimum atomic E-state index is -0.647. The summed E-state index contributed by atoms with van der Waals surface area (Å²) in [6, 6.07) is 14.1. The van der Waals surface area contributed by atoms with E-state index in [9.17, 15) is 14.4 Å². The molecule has 2 amide bonds. The van der Waals surface area contributed by atoms with Gasteiger partial charge in [-0.25, -0.2) is 0 Å². The maximum atomic E-state index is 12.5. The highest BCUT2D eigenvalue weighted by atomic mass is 16.5. The molecular weight excluding hydrogens is 388 g/mol. The smallest absolute Gasteiger partial charge is 0.311 e. The summed E-state index contributed by atoms with van der Waals surface area (Å²) >= 11 is 0. The van der Waals surface area contributed by atoms with Crippen molar-refractivity contribution in [1.29, 1.82) is 0 Å². The van der Waals surface area contributed by atoms with Crippen molar-refractivity contribution in [2.24, 2.45) is 5.92 Å². The third-order valence-electron chi connectivity index (χ3n) is 4.64. The van der Waals surface area contributed by atoms with Gasteiger partial charge in [-0.1, -0.05) is 24.3 Å². The Morgan fingerprint density at radius 3 is 2.53 bits per heavy atom. The van der Waals surface area contributed by atoms with E-state index in [2.05, 4.69) is 5.32 Å². The van der Waals surface area contributed by atoms with E-state index in [1.807, 2.05) is 13.0 Å². The topological polar surface area (TPSA) is 94.2 Å². The largest absolute Gasteiger partial charge is 0.495 e. The summed E-state index contributed by atoms with van der Waals surface area (Å²) < 4.78 is 15.9. The molecule has 1 atom stereocenters. The second-order valence-electron chi connectivity index (χ2n) is 6.66. The highest BCUT2D eigenvalue weighted by molar-refractivity contribution is 6.01. The fraction of sp³-hybridized carbons (Fsp3) is 0.318. The second kappa shape index (κ2) is 9.78. The number of nitrogens with zero attached hydrogens (tertiary/aromatic N) is 1. The van der Waals surface area contributed by atoms with Crippen LogP contribution in [0.4, 0.5) is 11.4 Å². The fourth-order valence-corrected chi connectivity index (χ4v) is 3.24. The number of esters is 1. The molecule has 0 radical (unpaired) electrons. The van der Waals surface area contributed by atoms with Gasteiger partial charge in [-0.05, 0) is 31.2 Å². The average Bonchev–Trinajstić information content (AvgIpc) is 3.14. The molecule has 1 aliphatic rings. The molecule has 2 aromatic carbocycles. The summed E-state index contributed by atoms with van der Waals surface area (Å²) in [7, 11) is 1.50. The molecule has 1 aliphatic heterocycles. The Bertz CT molecular complexity index is 929. The quantitative estimate of drug-likeness (QED) is 0.670. The molecule has 0 unspecified atom stereocenters. The van der Waals surface area contributed by atoms with Crippen LogP contribution in [0.2, 0.25) is 0 Å². The Hall–Kier alpha value is -3.55. The number of methoxy groups -OCH3 is 1. The fourth-order valence-electron chi connectivity index (χ4n) is 3.24. The Morgan fingerprint density at radius 2 is 1.80 bits per heavy atom. The van der Waals surface area contributed by atoms with Gasteiger partial charge in [0.2, 0.25) is 5.91 Å². The lowest BCUT2D eigenvalue weighted by atomic mass is 10.1. The van der Waals surface area contributed by atoms with E-state index >= 15 is 0 Å². The molecule has 2 aromatic rings. The van der Waals surface area contributed by atoms with Gasteiger partial charge in [-0.3, -0.25) is 14.4 Å². The van der Waals surface area contributed by atoms with E-state index in [4.69, 9.17) is 14.2 Å². The number of para-hydroxylation sites is 4. The summed E-state index contributed by atoms with van der Waals surface area (Å²) in [4.78, 5) is 38.5. The molecule has 30 heavy (non-hydrogen) atoms. The zero-order chi connectivity index (χ0) is 21.5. The number of hydrogen-bond acceptors (Lipinski definition) is 6. The summed E-state index contributed by atoms with van der Waals surface area (Å²) in [6.07, 6.45) is 0.0212.